The molecular weight excluding hydrogens is 434 g/mol. The van der Waals surface area contributed by atoms with Crippen molar-refractivity contribution in [1.82, 2.24) is 4.90 Å². The number of hydrogen-bond acceptors (Lipinski definition) is 6. The SMILES string of the molecule is COc1ccccc1N1CCN(C(=O)c2ccc(CN3C(=O)COc4ccc(C)cc43)o2)CC1. The third kappa shape index (κ3) is 4.19. The molecule has 8 heteroatoms. The van der Waals surface area contributed by atoms with Crippen molar-refractivity contribution in [2.45, 2.75) is 13.5 Å². The van der Waals surface area contributed by atoms with Gasteiger partial charge in [-0.15, -0.1) is 0 Å². The zero-order valence-corrected chi connectivity index (χ0v) is 19.3. The molecule has 2 aliphatic rings. The number of carbonyl (C=O) groups excluding carboxylic acids is 2. The van der Waals surface area contributed by atoms with Gasteiger partial charge in [0, 0.05) is 26.2 Å². The number of fused-ring (bicyclic) bond motifs is 1. The van der Waals surface area contributed by atoms with Crippen LogP contribution < -0.4 is 19.3 Å². The Morgan fingerprint density at radius 2 is 1.79 bits per heavy atom. The van der Waals surface area contributed by atoms with E-state index in [4.69, 9.17) is 13.9 Å². The van der Waals surface area contributed by atoms with Crippen molar-refractivity contribution in [3.8, 4) is 11.5 Å². The summed E-state index contributed by atoms with van der Waals surface area (Å²) in [6, 6.07) is 17.1. The molecule has 3 heterocycles. The van der Waals surface area contributed by atoms with E-state index in [1.54, 1.807) is 29.0 Å². The van der Waals surface area contributed by atoms with Crippen molar-refractivity contribution in [2.24, 2.45) is 0 Å². The highest BCUT2D eigenvalue weighted by Crippen LogP contribution is 2.34. The van der Waals surface area contributed by atoms with Crippen LogP contribution in [0.4, 0.5) is 11.4 Å². The predicted octanol–water partition coefficient (Wildman–Crippen LogP) is 3.48. The Hall–Kier alpha value is -3.94. The zero-order valence-electron chi connectivity index (χ0n) is 19.3. The highest BCUT2D eigenvalue weighted by atomic mass is 16.5. The fourth-order valence-corrected chi connectivity index (χ4v) is 4.42. The number of carbonyl (C=O) groups is 2. The number of anilines is 2. The van der Waals surface area contributed by atoms with Crippen molar-refractivity contribution >= 4 is 23.2 Å². The number of piperazine rings is 1. The summed E-state index contributed by atoms with van der Waals surface area (Å²) in [7, 11) is 1.66. The second-order valence-corrected chi connectivity index (χ2v) is 8.46. The van der Waals surface area contributed by atoms with Gasteiger partial charge < -0.3 is 23.7 Å². The highest BCUT2D eigenvalue weighted by molar-refractivity contribution is 5.98. The fourth-order valence-electron chi connectivity index (χ4n) is 4.42. The van der Waals surface area contributed by atoms with Gasteiger partial charge in [0.2, 0.25) is 0 Å². The Labute approximate surface area is 198 Å². The van der Waals surface area contributed by atoms with E-state index in [9.17, 15) is 9.59 Å². The van der Waals surface area contributed by atoms with E-state index >= 15 is 0 Å². The van der Waals surface area contributed by atoms with Gasteiger partial charge >= 0.3 is 0 Å². The molecule has 1 fully saturated rings. The van der Waals surface area contributed by atoms with Crippen LogP contribution in [0.3, 0.4) is 0 Å². The molecule has 0 radical (unpaired) electrons. The van der Waals surface area contributed by atoms with Gasteiger partial charge in [-0.05, 0) is 48.9 Å². The molecule has 0 N–H and O–H groups in total. The third-order valence-corrected chi connectivity index (χ3v) is 6.24. The van der Waals surface area contributed by atoms with E-state index < -0.39 is 0 Å². The Morgan fingerprint density at radius 1 is 1.00 bits per heavy atom. The van der Waals surface area contributed by atoms with Gasteiger partial charge in [0.1, 0.15) is 17.3 Å². The van der Waals surface area contributed by atoms with Crippen LogP contribution in [0.25, 0.3) is 0 Å². The largest absolute Gasteiger partial charge is 0.495 e. The van der Waals surface area contributed by atoms with Crippen LogP contribution in [-0.2, 0) is 11.3 Å². The van der Waals surface area contributed by atoms with Crippen LogP contribution in [-0.4, -0.2) is 56.6 Å². The molecule has 5 rings (SSSR count). The molecule has 2 amide bonds. The minimum absolute atomic E-state index is 0.0148. The van der Waals surface area contributed by atoms with Crippen LogP contribution in [0.1, 0.15) is 21.9 Å². The summed E-state index contributed by atoms with van der Waals surface area (Å²) in [4.78, 5) is 31.3. The number of nitrogens with zero attached hydrogens (tertiary/aromatic N) is 3. The smallest absolute Gasteiger partial charge is 0.289 e. The molecule has 0 bridgehead atoms. The topological polar surface area (TPSA) is 75.5 Å². The van der Waals surface area contributed by atoms with E-state index in [-0.39, 0.29) is 30.7 Å². The average molecular weight is 462 g/mol. The van der Waals surface area contributed by atoms with Crippen LogP contribution in [0.2, 0.25) is 0 Å². The third-order valence-electron chi connectivity index (χ3n) is 6.24. The number of hydrogen-bond donors (Lipinski definition) is 0. The second kappa shape index (κ2) is 9.13. The van der Waals surface area contributed by atoms with Gasteiger partial charge in [-0.3, -0.25) is 14.5 Å². The summed E-state index contributed by atoms with van der Waals surface area (Å²) in [5.41, 5.74) is 2.78. The number of aryl methyl sites for hydroxylation is 1. The normalized spacial score (nSPS) is 15.7. The Morgan fingerprint density at radius 3 is 2.59 bits per heavy atom. The molecule has 176 valence electrons. The summed E-state index contributed by atoms with van der Waals surface area (Å²) in [6.07, 6.45) is 0. The summed E-state index contributed by atoms with van der Waals surface area (Å²) < 4.78 is 16.9. The molecule has 8 nitrogen and oxygen atoms in total. The van der Waals surface area contributed by atoms with Crippen molar-refractivity contribution in [3.63, 3.8) is 0 Å². The number of para-hydroxylation sites is 2. The van der Waals surface area contributed by atoms with Gasteiger partial charge in [-0.25, -0.2) is 0 Å². The van der Waals surface area contributed by atoms with Gasteiger partial charge in [-0.2, -0.15) is 0 Å². The minimum atomic E-state index is -0.144. The number of ether oxygens (including phenoxy) is 2. The lowest BCUT2D eigenvalue weighted by molar-refractivity contribution is -0.121. The number of amides is 2. The molecule has 3 aromatic rings. The van der Waals surface area contributed by atoms with Crippen molar-refractivity contribution in [3.05, 3.63) is 71.7 Å². The first-order valence-corrected chi connectivity index (χ1v) is 11.3. The molecule has 2 aromatic carbocycles. The molecular formula is C26H27N3O5. The molecule has 0 aliphatic carbocycles. The molecule has 0 atom stereocenters. The Kier molecular flexibility index (Phi) is 5.88. The standard InChI is InChI=1S/C26H27N3O5/c1-18-7-9-23-21(15-18)29(25(30)17-33-23)16-19-8-10-24(34-19)26(31)28-13-11-27(12-14-28)20-5-3-4-6-22(20)32-2/h3-10,15H,11-14,16-17H2,1-2H3. The maximum absolute atomic E-state index is 13.1. The monoisotopic (exact) mass is 461 g/mol. The maximum atomic E-state index is 13.1. The molecule has 1 aromatic heterocycles. The van der Waals surface area contributed by atoms with E-state index in [2.05, 4.69) is 4.90 Å². The first kappa shape index (κ1) is 21.9. The first-order chi connectivity index (χ1) is 16.5. The predicted molar refractivity (Wildman–Crippen MR) is 128 cm³/mol. The van der Waals surface area contributed by atoms with Gasteiger partial charge in [0.05, 0.1) is 25.0 Å². The maximum Gasteiger partial charge on any atom is 0.289 e. The lowest BCUT2D eigenvalue weighted by Gasteiger charge is -2.36. The minimum Gasteiger partial charge on any atom is -0.495 e. The molecule has 0 unspecified atom stereocenters. The highest BCUT2D eigenvalue weighted by Gasteiger charge is 2.28. The molecule has 0 saturated carbocycles. The number of methoxy groups -OCH3 is 1. The lowest BCUT2D eigenvalue weighted by atomic mass is 10.1. The quantitative estimate of drug-likeness (QED) is 0.579. The van der Waals surface area contributed by atoms with E-state index in [1.807, 2.05) is 49.4 Å². The number of furan rings is 1. The number of benzene rings is 2. The van der Waals surface area contributed by atoms with Crippen LogP contribution in [0.5, 0.6) is 11.5 Å². The van der Waals surface area contributed by atoms with Gasteiger partial charge in [0.25, 0.3) is 11.8 Å². The lowest BCUT2D eigenvalue weighted by Crippen LogP contribution is -2.48. The average Bonchev–Trinajstić information content (AvgIpc) is 3.34. The van der Waals surface area contributed by atoms with Gasteiger partial charge in [0.15, 0.2) is 12.4 Å². The van der Waals surface area contributed by atoms with Crippen LogP contribution >= 0.6 is 0 Å². The van der Waals surface area contributed by atoms with Crippen molar-refractivity contribution < 1.29 is 23.5 Å². The molecule has 0 spiro atoms. The summed E-state index contributed by atoms with van der Waals surface area (Å²) in [6.45, 7) is 4.78. The Balaban J connectivity index is 1.25. The van der Waals surface area contributed by atoms with Crippen LogP contribution in [0.15, 0.2) is 59.0 Å². The molecule has 34 heavy (non-hydrogen) atoms. The summed E-state index contributed by atoms with van der Waals surface area (Å²) >= 11 is 0. The number of rotatable bonds is 5. The summed E-state index contributed by atoms with van der Waals surface area (Å²) in [5.74, 6) is 2.04. The van der Waals surface area contributed by atoms with E-state index in [1.165, 1.54) is 0 Å². The van der Waals surface area contributed by atoms with Gasteiger partial charge in [-0.1, -0.05) is 18.2 Å². The second-order valence-electron chi connectivity index (χ2n) is 8.46. The van der Waals surface area contributed by atoms with E-state index in [0.717, 1.165) is 17.0 Å². The zero-order chi connectivity index (χ0) is 23.7. The summed E-state index contributed by atoms with van der Waals surface area (Å²) in [5, 5.41) is 0. The first-order valence-electron chi connectivity index (χ1n) is 11.3. The van der Waals surface area contributed by atoms with E-state index in [0.29, 0.717) is 43.4 Å². The van der Waals surface area contributed by atoms with Crippen molar-refractivity contribution in [1.29, 1.82) is 0 Å². The van der Waals surface area contributed by atoms with Crippen LogP contribution in [0, 0.1) is 6.92 Å². The Bertz CT molecular complexity index is 1210. The van der Waals surface area contributed by atoms with Crippen molar-refractivity contribution in [2.75, 3.05) is 49.7 Å². The molecule has 1 saturated heterocycles. The molecule has 2 aliphatic heterocycles. The fraction of sp³-hybridized carbons (Fsp3) is 0.308.